The molecule has 1 aromatic carbocycles. The van der Waals surface area contributed by atoms with E-state index in [4.69, 9.17) is 22.1 Å². The maximum Gasteiger partial charge on any atom is 0.271 e. The second-order valence-electron chi connectivity index (χ2n) is 3.88. The summed E-state index contributed by atoms with van der Waals surface area (Å²) in [6.07, 6.45) is 0. The van der Waals surface area contributed by atoms with Gasteiger partial charge in [-0.3, -0.25) is 4.72 Å². The topological polar surface area (TPSA) is 81.4 Å². The predicted molar refractivity (Wildman–Crippen MR) is 82.2 cm³/mol. The molecule has 0 aliphatic rings. The lowest BCUT2D eigenvalue weighted by atomic mass is 10.3. The summed E-state index contributed by atoms with van der Waals surface area (Å²) < 4.78 is 32.1. The van der Waals surface area contributed by atoms with Gasteiger partial charge in [-0.25, -0.2) is 8.42 Å². The SMILES string of the molecule is CCOc1ccc(NS(=O)(=O)c2cc(N)cs2)cc1Cl. The monoisotopic (exact) mass is 332 g/mol. The van der Waals surface area contributed by atoms with Crippen LogP contribution in [0.5, 0.6) is 5.75 Å². The molecular weight excluding hydrogens is 320 g/mol. The number of rotatable bonds is 5. The Kier molecular flexibility index (Phi) is 4.42. The molecule has 2 aromatic rings. The van der Waals surface area contributed by atoms with E-state index in [0.717, 1.165) is 11.3 Å². The molecule has 20 heavy (non-hydrogen) atoms. The molecule has 0 spiro atoms. The molecule has 0 aliphatic heterocycles. The third-order valence-corrected chi connectivity index (χ3v) is 5.48. The molecule has 0 bridgehead atoms. The van der Waals surface area contributed by atoms with Crippen LogP contribution in [0.2, 0.25) is 5.02 Å². The summed E-state index contributed by atoms with van der Waals surface area (Å²) in [4.78, 5) is 0. The minimum Gasteiger partial charge on any atom is -0.492 e. The summed E-state index contributed by atoms with van der Waals surface area (Å²) in [5, 5.41) is 1.91. The molecule has 0 saturated carbocycles. The fourth-order valence-corrected chi connectivity index (χ4v) is 3.88. The lowest BCUT2D eigenvalue weighted by molar-refractivity contribution is 0.340. The van der Waals surface area contributed by atoms with Gasteiger partial charge in [-0.15, -0.1) is 11.3 Å². The summed E-state index contributed by atoms with van der Waals surface area (Å²) >= 11 is 7.07. The average Bonchev–Trinajstić information content (AvgIpc) is 2.80. The highest BCUT2D eigenvalue weighted by atomic mass is 35.5. The van der Waals surface area contributed by atoms with Crippen LogP contribution in [0.15, 0.2) is 33.9 Å². The smallest absolute Gasteiger partial charge is 0.271 e. The van der Waals surface area contributed by atoms with Crippen molar-refractivity contribution in [2.75, 3.05) is 17.1 Å². The number of benzene rings is 1. The first-order valence-corrected chi connectivity index (χ1v) is 8.45. The van der Waals surface area contributed by atoms with Gasteiger partial charge in [-0.1, -0.05) is 11.6 Å². The van der Waals surface area contributed by atoms with E-state index in [0.29, 0.717) is 28.8 Å². The summed E-state index contributed by atoms with van der Waals surface area (Å²) in [6, 6.07) is 6.11. The molecule has 0 fully saturated rings. The standard InChI is InChI=1S/C12H13ClN2O3S2/c1-2-18-11-4-3-9(6-10(11)13)15-20(16,17)12-5-8(14)7-19-12/h3-7,15H,2,14H2,1H3. The molecule has 1 aromatic heterocycles. The van der Waals surface area contributed by atoms with Gasteiger partial charge in [-0.2, -0.15) is 0 Å². The molecule has 2 rings (SSSR count). The lowest BCUT2D eigenvalue weighted by Gasteiger charge is -2.09. The number of nitrogens with two attached hydrogens (primary N) is 1. The van der Waals surface area contributed by atoms with Gasteiger partial charge in [0.1, 0.15) is 9.96 Å². The highest BCUT2D eigenvalue weighted by Crippen LogP contribution is 2.30. The third-order valence-electron chi connectivity index (χ3n) is 2.34. The minimum atomic E-state index is -3.65. The second kappa shape index (κ2) is 5.90. The minimum absolute atomic E-state index is 0.153. The van der Waals surface area contributed by atoms with Crippen molar-refractivity contribution >= 4 is 44.3 Å². The van der Waals surface area contributed by atoms with E-state index in [-0.39, 0.29) is 4.21 Å². The van der Waals surface area contributed by atoms with Crippen molar-refractivity contribution in [3.05, 3.63) is 34.7 Å². The summed E-state index contributed by atoms with van der Waals surface area (Å²) in [6.45, 7) is 2.33. The summed E-state index contributed by atoms with van der Waals surface area (Å²) in [5.41, 5.74) is 6.31. The molecule has 1 heterocycles. The number of sulfonamides is 1. The fraction of sp³-hybridized carbons (Fsp3) is 0.167. The van der Waals surface area contributed by atoms with Gasteiger partial charge >= 0.3 is 0 Å². The zero-order valence-corrected chi connectivity index (χ0v) is 13.0. The maximum absolute atomic E-state index is 12.1. The second-order valence-corrected chi connectivity index (χ2v) is 7.11. The number of nitrogen functional groups attached to an aromatic ring is 1. The van der Waals surface area contributed by atoms with Gasteiger partial charge in [0.2, 0.25) is 0 Å². The number of halogens is 1. The van der Waals surface area contributed by atoms with Crippen molar-refractivity contribution in [3.8, 4) is 5.75 Å². The zero-order valence-electron chi connectivity index (χ0n) is 10.6. The fourth-order valence-electron chi connectivity index (χ4n) is 1.51. The van der Waals surface area contributed by atoms with Crippen LogP contribution in [0.1, 0.15) is 6.92 Å². The first kappa shape index (κ1) is 15.0. The van der Waals surface area contributed by atoms with Crippen LogP contribution in [0.25, 0.3) is 0 Å². The predicted octanol–water partition coefficient (Wildman–Crippen LogP) is 3.18. The van der Waals surface area contributed by atoms with E-state index in [1.165, 1.54) is 12.1 Å². The molecule has 8 heteroatoms. The number of ether oxygens (including phenoxy) is 1. The molecular formula is C12H13ClN2O3S2. The Morgan fingerprint density at radius 2 is 2.15 bits per heavy atom. The number of hydrogen-bond acceptors (Lipinski definition) is 5. The van der Waals surface area contributed by atoms with Gasteiger partial charge in [0, 0.05) is 11.1 Å². The van der Waals surface area contributed by atoms with Crippen LogP contribution >= 0.6 is 22.9 Å². The van der Waals surface area contributed by atoms with Gasteiger partial charge < -0.3 is 10.5 Å². The van der Waals surface area contributed by atoms with Gasteiger partial charge in [0.25, 0.3) is 10.0 Å². The van der Waals surface area contributed by atoms with Crippen molar-refractivity contribution < 1.29 is 13.2 Å². The molecule has 0 amide bonds. The van der Waals surface area contributed by atoms with Crippen LogP contribution in [0.3, 0.4) is 0 Å². The third kappa shape index (κ3) is 3.36. The van der Waals surface area contributed by atoms with Crippen LogP contribution in [-0.4, -0.2) is 15.0 Å². The Bertz CT molecular complexity index is 713. The highest BCUT2D eigenvalue weighted by Gasteiger charge is 2.17. The van der Waals surface area contributed by atoms with E-state index in [1.807, 2.05) is 6.92 Å². The van der Waals surface area contributed by atoms with Crippen molar-refractivity contribution in [2.24, 2.45) is 0 Å². The first-order valence-electron chi connectivity index (χ1n) is 5.71. The average molecular weight is 333 g/mol. The zero-order chi connectivity index (χ0) is 14.8. The van der Waals surface area contributed by atoms with E-state index in [1.54, 1.807) is 17.5 Å². The first-order chi connectivity index (χ1) is 9.42. The lowest BCUT2D eigenvalue weighted by Crippen LogP contribution is -2.11. The highest BCUT2D eigenvalue weighted by molar-refractivity contribution is 7.94. The van der Waals surface area contributed by atoms with Crippen molar-refractivity contribution in [1.29, 1.82) is 0 Å². The number of hydrogen-bond donors (Lipinski definition) is 2. The van der Waals surface area contributed by atoms with E-state index in [2.05, 4.69) is 4.72 Å². The van der Waals surface area contributed by atoms with Gasteiger partial charge in [0.15, 0.2) is 0 Å². The van der Waals surface area contributed by atoms with Crippen molar-refractivity contribution in [2.45, 2.75) is 11.1 Å². The molecule has 3 N–H and O–H groups in total. The van der Waals surface area contributed by atoms with Gasteiger partial charge in [-0.05, 0) is 31.2 Å². The van der Waals surface area contributed by atoms with Crippen LogP contribution in [-0.2, 0) is 10.0 Å². The van der Waals surface area contributed by atoms with Crippen LogP contribution in [0.4, 0.5) is 11.4 Å². The maximum atomic E-state index is 12.1. The molecule has 0 radical (unpaired) electrons. The quantitative estimate of drug-likeness (QED) is 0.881. The molecule has 5 nitrogen and oxygen atoms in total. The van der Waals surface area contributed by atoms with Gasteiger partial charge in [0.05, 0.1) is 17.3 Å². The number of thiophene rings is 1. The molecule has 0 unspecified atom stereocenters. The van der Waals surface area contributed by atoms with Crippen molar-refractivity contribution in [1.82, 2.24) is 0 Å². The molecule has 108 valence electrons. The molecule has 0 saturated heterocycles. The Hall–Kier alpha value is -1.44. The Morgan fingerprint density at radius 1 is 1.40 bits per heavy atom. The Labute approximate surface area is 126 Å². The number of anilines is 2. The van der Waals surface area contributed by atoms with E-state index < -0.39 is 10.0 Å². The number of nitrogens with one attached hydrogen (secondary N) is 1. The Balaban J connectivity index is 2.24. The van der Waals surface area contributed by atoms with E-state index in [9.17, 15) is 8.42 Å². The summed E-state index contributed by atoms with van der Waals surface area (Å²) in [7, 11) is -3.65. The summed E-state index contributed by atoms with van der Waals surface area (Å²) in [5.74, 6) is 0.512. The largest absolute Gasteiger partial charge is 0.492 e. The van der Waals surface area contributed by atoms with Crippen LogP contribution in [0, 0.1) is 0 Å². The Morgan fingerprint density at radius 3 is 2.70 bits per heavy atom. The molecule has 0 aliphatic carbocycles. The van der Waals surface area contributed by atoms with E-state index >= 15 is 0 Å². The normalized spacial score (nSPS) is 11.3. The van der Waals surface area contributed by atoms with Crippen molar-refractivity contribution in [3.63, 3.8) is 0 Å². The van der Waals surface area contributed by atoms with Crippen LogP contribution < -0.4 is 15.2 Å². The molecule has 0 atom stereocenters.